The third-order valence-corrected chi connectivity index (χ3v) is 13.6. The van der Waals surface area contributed by atoms with Crippen LogP contribution in [0.1, 0.15) is 60.8 Å². The lowest BCUT2D eigenvalue weighted by molar-refractivity contribution is 0.00578. The zero-order valence-electron chi connectivity index (χ0n) is 44.6. The Morgan fingerprint density at radius 3 is 1.57 bits per heavy atom. The minimum Gasteiger partial charge on any atom is -0.399 e. The highest BCUT2D eigenvalue weighted by molar-refractivity contribution is 6.62. The second kappa shape index (κ2) is 23.8. The van der Waals surface area contributed by atoms with E-state index in [1.54, 1.807) is 56.3 Å². The van der Waals surface area contributed by atoms with Gasteiger partial charge in [0.2, 0.25) is 0 Å². The van der Waals surface area contributed by atoms with E-state index in [1.807, 2.05) is 72.5 Å². The van der Waals surface area contributed by atoms with Crippen LogP contribution in [-0.4, -0.2) is 114 Å². The Hall–Kier alpha value is -7.44. The van der Waals surface area contributed by atoms with Crippen molar-refractivity contribution in [2.45, 2.75) is 84.1 Å². The van der Waals surface area contributed by atoms with E-state index in [2.05, 4.69) is 59.6 Å². The molecule has 0 spiro atoms. The Labute approximate surface area is 448 Å². The number of anilines is 1. The molecule has 3 aliphatic rings. The highest BCUT2D eigenvalue weighted by atomic mass is 35.5. The minimum atomic E-state index is -0.487. The van der Waals surface area contributed by atoms with Gasteiger partial charge in [0.25, 0.3) is 16.7 Å². The normalized spacial score (nSPS) is 17.6. The Kier molecular flexibility index (Phi) is 17.3. The number of pyridine rings is 3. The van der Waals surface area contributed by atoms with Crippen LogP contribution in [0.25, 0.3) is 39.5 Å². The average Bonchev–Trinajstić information content (AvgIpc) is 4.19. The van der Waals surface area contributed by atoms with Gasteiger partial charge in [0.05, 0.1) is 40.7 Å². The highest BCUT2D eigenvalue weighted by Gasteiger charge is 2.52. The first-order valence-corrected chi connectivity index (χ1v) is 25.6. The third-order valence-electron chi connectivity index (χ3n) is 13.4. The van der Waals surface area contributed by atoms with Crippen LogP contribution < -0.4 is 37.7 Å². The molecule has 9 aromatic rings. The Morgan fingerprint density at radius 2 is 1.10 bits per heavy atom. The van der Waals surface area contributed by atoms with Gasteiger partial charge >= 0.3 is 7.12 Å². The summed E-state index contributed by atoms with van der Waals surface area (Å²) >= 11 is 5.55. The van der Waals surface area contributed by atoms with E-state index >= 15 is 0 Å². The molecule has 12 heterocycles. The van der Waals surface area contributed by atoms with E-state index in [0.717, 1.165) is 70.8 Å². The van der Waals surface area contributed by atoms with Crippen LogP contribution in [0.5, 0.6) is 0 Å². The molecule has 3 aliphatic heterocycles. The molecule has 0 aliphatic carbocycles. The number of hydrogen-bond acceptors (Lipinski definition) is 14. The summed E-state index contributed by atoms with van der Waals surface area (Å²) in [5.74, 6) is -0.959. The molecule has 3 fully saturated rings. The second-order valence-electron chi connectivity index (χ2n) is 20.1. The van der Waals surface area contributed by atoms with E-state index in [0.29, 0.717) is 34.4 Å². The van der Waals surface area contributed by atoms with Gasteiger partial charge in [-0.15, -0.1) is 0 Å². The second-order valence-corrected chi connectivity index (χ2v) is 20.5. The van der Waals surface area contributed by atoms with Crippen LogP contribution in [-0.2, 0) is 30.5 Å². The van der Waals surface area contributed by atoms with E-state index in [9.17, 15) is 23.2 Å². The highest BCUT2D eigenvalue weighted by Crippen LogP contribution is 2.36. The lowest BCUT2D eigenvalue weighted by atomic mass is 9.82. The summed E-state index contributed by atoms with van der Waals surface area (Å²) in [5.41, 5.74) is 4.81. The van der Waals surface area contributed by atoms with Gasteiger partial charge < -0.3 is 24.8 Å². The molecule has 0 bridgehead atoms. The van der Waals surface area contributed by atoms with Crippen molar-refractivity contribution in [1.82, 2.24) is 68.1 Å². The molecule has 0 amide bonds. The lowest BCUT2D eigenvalue weighted by Crippen LogP contribution is -2.49. The monoisotopic (exact) mass is 1070 g/mol. The van der Waals surface area contributed by atoms with Crippen molar-refractivity contribution < 1.29 is 18.1 Å². The molecule has 2 atom stereocenters. The van der Waals surface area contributed by atoms with E-state index < -0.39 is 17.2 Å². The fourth-order valence-corrected chi connectivity index (χ4v) is 8.72. The SMILES string of the molecule is C[C@H]1CCCCN1.C[C@H]1CN(c2ccc3nc(-c4cnn(C)c4)cc(=O)n3c2)CCN1.Cn1cc(-c2cc(=O)n3cc(F)ccc3n2)cn1.Cn1cc(B2OC(C)(C)C(C)(C)O2)cn1.O=c1cc(Cl)nc2ccc(F)cn12. The predicted octanol–water partition coefficient (Wildman–Crippen LogP) is 5.48. The molecule has 0 aromatic carbocycles. The summed E-state index contributed by atoms with van der Waals surface area (Å²) in [6.07, 6.45) is 18.9. The molecular weight excluding hydrogens is 1010 g/mol. The average molecular weight is 1070 g/mol. The maximum Gasteiger partial charge on any atom is 0.498 e. The number of nitrogens with one attached hydrogen (secondary N) is 2. The number of piperazine rings is 1. The van der Waals surface area contributed by atoms with Gasteiger partial charge in [-0.2, -0.15) is 15.3 Å². The van der Waals surface area contributed by atoms with Gasteiger partial charge in [-0.3, -0.25) is 41.6 Å². The standard InChI is InChI=1S/C17H20N6O.C12H9FN4O.C10H17BN2O2.C8H4ClFN2O.C6H13N/c1-12-9-22(6-5-18-12)14-3-4-16-20-15(7-17(24)23(16)11-14)13-8-19-21(2)10-13;1-16-6-8(5-14-16)10-4-12(18)17-7-9(13)2-3-11(17)15-10;1-9(2)10(3,4)15-11(14-9)8-6-12-13(5)7-8;9-6-3-8(13)12-4-5(10)1-2-7(12)11-6;1-6-4-2-3-5-7-6/h3-4,7-8,10-12,18H,5-6,9H2,1-2H3;2-7H,1H3;6-7H,1-5H3;1-4H;6-7H,2-5H2,1H3/t12-;;;;6-/m0...0/s1. The van der Waals surface area contributed by atoms with Crippen molar-refractivity contribution in [2.75, 3.05) is 31.1 Å². The van der Waals surface area contributed by atoms with Crippen molar-refractivity contribution in [3.63, 3.8) is 0 Å². The Bertz CT molecular complexity index is 3670. The molecule has 20 nitrogen and oxygen atoms in total. The summed E-state index contributed by atoms with van der Waals surface area (Å²) < 4.78 is 46.5. The summed E-state index contributed by atoms with van der Waals surface area (Å²) in [7, 11) is 5.21. The fraction of sp³-hybridized carbons (Fsp3) is 0.377. The van der Waals surface area contributed by atoms with Crippen molar-refractivity contribution in [3.05, 3.63) is 158 Å². The summed E-state index contributed by atoms with van der Waals surface area (Å²) in [4.78, 5) is 50.7. The van der Waals surface area contributed by atoms with Crippen molar-refractivity contribution in [2.24, 2.45) is 21.1 Å². The molecule has 0 radical (unpaired) electrons. The van der Waals surface area contributed by atoms with Gasteiger partial charge in [-0.25, -0.2) is 23.7 Å². The smallest absolute Gasteiger partial charge is 0.399 e. The number of rotatable bonds is 4. The lowest BCUT2D eigenvalue weighted by Gasteiger charge is -2.33. The van der Waals surface area contributed by atoms with Crippen LogP contribution in [0.15, 0.2) is 125 Å². The third kappa shape index (κ3) is 14.0. The molecule has 77 heavy (non-hydrogen) atoms. The van der Waals surface area contributed by atoms with Crippen LogP contribution in [0, 0.1) is 11.6 Å². The van der Waals surface area contributed by atoms with Gasteiger partial charge in [0.15, 0.2) is 0 Å². The topological polar surface area (TPSA) is 202 Å². The van der Waals surface area contributed by atoms with Crippen LogP contribution in [0.3, 0.4) is 0 Å². The molecule has 404 valence electrons. The molecular formula is C53H63BClF2N15O5. The van der Waals surface area contributed by atoms with Gasteiger partial charge in [-0.05, 0) is 97.3 Å². The van der Waals surface area contributed by atoms with Crippen molar-refractivity contribution in [1.29, 1.82) is 0 Å². The zero-order valence-corrected chi connectivity index (χ0v) is 45.3. The first kappa shape index (κ1) is 55.8. The van der Waals surface area contributed by atoms with Gasteiger partial charge in [0.1, 0.15) is 33.7 Å². The van der Waals surface area contributed by atoms with Crippen LogP contribution in [0.2, 0.25) is 5.15 Å². The number of aromatic nitrogens is 12. The number of halogens is 3. The number of fused-ring (bicyclic) bond motifs is 3. The van der Waals surface area contributed by atoms with Gasteiger partial charge in [0, 0.05) is 131 Å². The zero-order chi connectivity index (χ0) is 55.2. The molecule has 3 saturated heterocycles. The molecule has 2 N–H and O–H groups in total. The fourth-order valence-electron chi connectivity index (χ4n) is 8.54. The number of nitrogens with zero attached hydrogens (tertiary/aromatic N) is 13. The predicted molar refractivity (Wildman–Crippen MR) is 294 cm³/mol. The van der Waals surface area contributed by atoms with E-state index in [-0.39, 0.29) is 34.6 Å². The first-order chi connectivity index (χ1) is 36.6. The van der Waals surface area contributed by atoms with E-state index in [4.69, 9.17) is 20.9 Å². The molecule has 9 aromatic heterocycles. The first-order valence-electron chi connectivity index (χ1n) is 25.2. The summed E-state index contributed by atoms with van der Waals surface area (Å²) in [6.45, 7) is 16.7. The maximum atomic E-state index is 13.0. The summed E-state index contributed by atoms with van der Waals surface area (Å²) in [6, 6.07) is 14.6. The Morgan fingerprint density at radius 1 is 0.610 bits per heavy atom. The van der Waals surface area contributed by atoms with Crippen LogP contribution in [0.4, 0.5) is 14.5 Å². The van der Waals surface area contributed by atoms with Crippen molar-refractivity contribution >= 4 is 46.8 Å². The maximum absolute atomic E-state index is 13.0. The van der Waals surface area contributed by atoms with Gasteiger partial charge in [-0.1, -0.05) is 18.0 Å². The molecule has 0 saturated carbocycles. The molecule has 24 heteroatoms. The molecule has 12 rings (SSSR count). The molecule has 0 unspecified atom stereocenters. The minimum absolute atomic E-state index is 0.0797. The van der Waals surface area contributed by atoms with Crippen LogP contribution >= 0.6 is 11.6 Å². The quantitative estimate of drug-likeness (QED) is 0.166. The number of piperidine rings is 1. The number of hydrogen-bond donors (Lipinski definition) is 2. The van der Waals surface area contributed by atoms with Crippen molar-refractivity contribution in [3.8, 4) is 22.5 Å². The largest absolute Gasteiger partial charge is 0.498 e. The Balaban J connectivity index is 0.000000133. The number of aryl methyl sites for hydroxylation is 3. The van der Waals surface area contributed by atoms with E-state index in [1.165, 1.54) is 60.5 Å². The summed E-state index contributed by atoms with van der Waals surface area (Å²) in [5, 5.41) is 19.2.